The Morgan fingerprint density at radius 1 is 1.18 bits per heavy atom. The first-order valence-electron chi connectivity index (χ1n) is 4.36. The minimum absolute atomic E-state index is 0.188. The maximum atomic E-state index is 12.5. The van der Waals surface area contributed by atoms with Crippen molar-refractivity contribution < 1.29 is 26.3 Å². The first kappa shape index (κ1) is 13.7. The zero-order chi connectivity index (χ0) is 13.3. The lowest BCUT2D eigenvalue weighted by Gasteiger charge is -2.12. The zero-order valence-electron chi connectivity index (χ0n) is 8.52. The Balaban J connectivity index is 3.14. The van der Waals surface area contributed by atoms with Gasteiger partial charge in [0.25, 0.3) is 0 Å². The third-order valence-electron chi connectivity index (χ3n) is 1.75. The molecule has 0 spiro atoms. The molecule has 17 heavy (non-hydrogen) atoms. The fourth-order valence-corrected chi connectivity index (χ4v) is 1.23. The fourth-order valence-electron chi connectivity index (χ4n) is 1.23. The van der Waals surface area contributed by atoms with Crippen molar-refractivity contribution >= 4 is 0 Å². The van der Waals surface area contributed by atoms with Gasteiger partial charge in [0, 0.05) is 6.54 Å². The molecule has 0 aliphatic carbocycles. The summed E-state index contributed by atoms with van der Waals surface area (Å²) in [4.78, 5) is 0. The molecular weight excluding hydrogens is 254 g/mol. The van der Waals surface area contributed by atoms with Crippen molar-refractivity contribution in [1.82, 2.24) is 20.3 Å². The smallest absolute Gasteiger partial charge is 0.314 e. The van der Waals surface area contributed by atoms with Crippen molar-refractivity contribution in [1.29, 1.82) is 0 Å². The van der Waals surface area contributed by atoms with E-state index in [2.05, 4.69) is 15.6 Å². The summed E-state index contributed by atoms with van der Waals surface area (Å²) in [6.07, 6.45) is -9.72. The highest BCUT2D eigenvalue weighted by Gasteiger charge is 2.41. The number of halogens is 6. The number of aromatic nitrogens is 3. The molecule has 0 amide bonds. The molecule has 1 heterocycles. The maximum Gasteiger partial charge on any atom is 0.434 e. The van der Waals surface area contributed by atoms with Crippen LogP contribution in [0.4, 0.5) is 26.3 Å². The quantitative estimate of drug-likeness (QED) is 0.841. The minimum Gasteiger partial charge on any atom is -0.314 e. The molecule has 0 radical (unpaired) electrons. The summed E-state index contributed by atoms with van der Waals surface area (Å²) in [6, 6.07) is 0. The lowest BCUT2D eigenvalue weighted by molar-refractivity contribution is -0.161. The summed E-state index contributed by atoms with van der Waals surface area (Å²) in [5.74, 6) is 0. The molecule has 0 bridgehead atoms. The van der Waals surface area contributed by atoms with E-state index in [1.807, 2.05) is 0 Å². The van der Waals surface area contributed by atoms with E-state index < -0.39 is 30.3 Å². The molecular formula is C7H8F6N4. The first-order chi connectivity index (χ1) is 7.65. The van der Waals surface area contributed by atoms with Gasteiger partial charge in [0.05, 0.1) is 0 Å². The van der Waals surface area contributed by atoms with Crippen molar-refractivity contribution in [2.75, 3.05) is 7.05 Å². The summed E-state index contributed by atoms with van der Waals surface area (Å²) in [6.45, 7) is -2.13. The van der Waals surface area contributed by atoms with Gasteiger partial charge in [0.1, 0.15) is 12.2 Å². The number of hydrogen-bond donors (Lipinski definition) is 1. The standard InChI is InChI=1S/C7H8F6N4/c1-14-2-4-5(7(11,12)13)17(16-15-4)3-6(8,9)10/h14H,2-3H2,1H3. The zero-order valence-corrected chi connectivity index (χ0v) is 8.52. The Morgan fingerprint density at radius 3 is 2.18 bits per heavy atom. The largest absolute Gasteiger partial charge is 0.434 e. The van der Waals surface area contributed by atoms with E-state index in [1.54, 1.807) is 0 Å². The van der Waals surface area contributed by atoms with Crippen LogP contribution in [0.2, 0.25) is 0 Å². The summed E-state index contributed by atoms with van der Waals surface area (Å²) in [5, 5.41) is 8.34. The molecule has 4 nitrogen and oxygen atoms in total. The number of nitrogens with zero attached hydrogens (tertiary/aromatic N) is 3. The summed E-state index contributed by atoms with van der Waals surface area (Å²) >= 11 is 0. The van der Waals surface area contributed by atoms with Crippen LogP contribution < -0.4 is 5.32 Å². The van der Waals surface area contributed by atoms with E-state index in [4.69, 9.17) is 0 Å². The van der Waals surface area contributed by atoms with Gasteiger partial charge in [-0.25, -0.2) is 4.68 Å². The average molecular weight is 262 g/mol. The molecule has 0 aromatic carbocycles. The molecule has 1 rings (SSSR count). The van der Waals surface area contributed by atoms with Crippen LogP contribution in [-0.4, -0.2) is 28.2 Å². The Kier molecular flexibility index (Phi) is 3.65. The maximum absolute atomic E-state index is 12.5. The highest BCUT2D eigenvalue weighted by molar-refractivity contribution is 5.14. The van der Waals surface area contributed by atoms with E-state index in [0.29, 0.717) is 0 Å². The third kappa shape index (κ3) is 3.58. The second-order valence-electron chi connectivity index (χ2n) is 3.19. The molecule has 98 valence electrons. The van der Waals surface area contributed by atoms with Crippen LogP contribution in [0.15, 0.2) is 0 Å². The lowest BCUT2D eigenvalue weighted by Crippen LogP contribution is -2.25. The Bertz CT molecular complexity index is 379. The van der Waals surface area contributed by atoms with Crippen LogP contribution in [0.3, 0.4) is 0 Å². The van der Waals surface area contributed by atoms with Crippen LogP contribution in [-0.2, 0) is 19.3 Å². The molecule has 10 heteroatoms. The van der Waals surface area contributed by atoms with Gasteiger partial charge in [-0.05, 0) is 7.05 Å². The Hall–Kier alpha value is -1.32. The highest BCUT2D eigenvalue weighted by atomic mass is 19.4. The topological polar surface area (TPSA) is 42.7 Å². The summed E-state index contributed by atoms with van der Waals surface area (Å²) in [7, 11) is 1.35. The van der Waals surface area contributed by atoms with Crippen molar-refractivity contribution in [2.24, 2.45) is 0 Å². The third-order valence-corrected chi connectivity index (χ3v) is 1.75. The Labute approximate surface area is 91.6 Å². The molecule has 0 unspecified atom stereocenters. The minimum atomic E-state index is -4.93. The van der Waals surface area contributed by atoms with Crippen LogP contribution in [0, 0.1) is 0 Å². The van der Waals surface area contributed by atoms with Crippen LogP contribution in [0.1, 0.15) is 11.4 Å². The van der Waals surface area contributed by atoms with Crippen LogP contribution in [0.5, 0.6) is 0 Å². The summed E-state index contributed by atoms with van der Waals surface area (Å²) < 4.78 is 73.5. The predicted octanol–water partition coefficient (Wildman–Crippen LogP) is 1.58. The molecule has 0 saturated heterocycles. The van der Waals surface area contributed by atoms with Crippen molar-refractivity contribution in [3.8, 4) is 0 Å². The van der Waals surface area contributed by atoms with Crippen LogP contribution >= 0.6 is 0 Å². The lowest BCUT2D eigenvalue weighted by atomic mass is 10.3. The number of hydrogen-bond acceptors (Lipinski definition) is 3. The summed E-state index contributed by atoms with van der Waals surface area (Å²) in [5.41, 5.74) is -2.05. The van der Waals surface area contributed by atoms with Gasteiger partial charge < -0.3 is 5.32 Å². The van der Waals surface area contributed by atoms with Gasteiger partial charge in [-0.3, -0.25) is 0 Å². The highest BCUT2D eigenvalue weighted by Crippen LogP contribution is 2.32. The van der Waals surface area contributed by atoms with Gasteiger partial charge >= 0.3 is 12.4 Å². The number of rotatable bonds is 3. The van der Waals surface area contributed by atoms with E-state index in [-0.39, 0.29) is 11.2 Å². The van der Waals surface area contributed by atoms with Gasteiger partial charge in [-0.1, -0.05) is 5.21 Å². The van der Waals surface area contributed by atoms with E-state index in [0.717, 1.165) is 0 Å². The first-order valence-corrected chi connectivity index (χ1v) is 4.36. The van der Waals surface area contributed by atoms with Crippen LogP contribution in [0.25, 0.3) is 0 Å². The second kappa shape index (κ2) is 4.51. The van der Waals surface area contributed by atoms with Gasteiger partial charge in [-0.2, -0.15) is 26.3 Å². The van der Waals surface area contributed by atoms with Gasteiger partial charge in [-0.15, -0.1) is 5.10 Å². The molecule has 1 N–H and O–H groups in total. The van der Waals surface area contributed by atoms with Crippen molar-refractivity contribution in [3.63, 3.8) is 0 Å². The number of alkyl halides is 6. The molecule has 0 saturated carbocycles. The molecule has 1 aromatic rings. The SMILES string of the molecule is CNCc1nnn(CC(F)(F)F)c1C(F)(F)F. The van der Waals surface area contributed by atoms with Gasteiger partial charge in [0.15, 0.2) is 5.69 Å². The molecule has 0 fully saturated rings. The normalized spacial score (nSPS) is 13.1. The molecule has 1 aromatic heterocycles. The average Bonchev–Trinajstić information content (AvgIpc) is 2.44. The van der Waals surface area contributed by atoms with Gasteiger partial charge in [0.2, 0.25) is 0 Å². The van der Waals surface area contributed by atoms with E-state index >= 15 is 0 Å². The molecule has 0 aliphatic rings. The molecule has 0 aliphatic heterocycles. The molecule has 0 atom stereocenters. The fraction of sp³-hybridized carbons (Fsp3) is 0.714. The second-order valence-corrected chi connectivity index (χ2v) is 3.19. The number of nitrogens with one attached hydrogen (secondary N) is 1. The van der Waals surface area contributed by atoms with Crippen molar-refractivity contribution in [3.05, 3.63) is 11.4 Å². The van der Waals surface area contributed by atoms with Crippen molar-refractivity contribution in [2.45, 2.75) is 25.4 Å². The van der Waals surface area contributed by atoms with E-state index in [1.165, 1.54) is 7.05 Å². The predicted molar refractivity (Wildman–Crippen MR) is 43.8 cm³/mol. The van der Waals surface area contributed by atoms with E-state index in [9.17, 15) is 26.3 Å². The monoisotopic (exact) mass is 262 g/mol. The Morgan fingerprint density at radius 2 is 1.76 bits per heavy atom.